The minimum Gasteiger partial charge on any atom is -0.409 e. The predicted octanol–water partition coefficient (Wildman–Crippen LogP) is 4.01. The molecular formula is C15H14ClFN2OS. The molecule has 0 saturated carbocycles. The van der Waals surface area contributed by atoms with Crippen LogP contribution in [0.5, 0.6) is 0 Å². The molecule has 0 radical (unpaired) electrons. The van der Waals surface area contributed by atoms with Crippen LogP contribution in [0.25, 0.3) is 0 Å². The van der Waals surface area contributed by atoms with E-state index in [0.717, 1.165) is 5.56 Å². The molecule has 6 heteroatoms. The molecule has 110 valence electrons. The van der Waals surface area contributed by atoms with Gasteiger partial charge in [0.25, 0.3) is 0 Å². The van der Waals surface area contributed by atoms with Gasteiger partial charge >= 0.3 is 0 Å². The smallest absolute Gasteiger partial charge is 0.173 e. The third-order valence-electron chi connectivity index (χ3n) is 2.94. The highest BCUT2D eigenvalue weighted by atomic mass is 35.5. The molecule has 0 aliphatic heterocycles. The first kappa shape index (κ1) is 15.7. The summed E-state index contributed by atoms with van der Waals surface area (Å²) in [5.41, 5.74) is 7.07. The highest BCUT2D eigenvalue weighted by molar-refractivity contribution is 7.97. The molecule has 0 aromatic heterocycles. The molecule has 0 fully saturated rings. The average Bonchev–Trinajstić information content (AvgIpc) is 2.50. The van der Waals surface area contributed by atoms with E-state index in [1.54, 1.807) is 23.9 Å². The third-order valence-corrected chi connectivity index (χ3v) is 4.33. The lowest BCUT2D eigenvalue weighted by molar-refractivity contribution is 0.318. The molecule has 21 heavy (non-hydrogen) atoms. The first-order valence-electron chi connectivity index (χ1n) is 6.20. The lowest BCUT2D eigenvalue weighted by Gasteiger charge is -2.08. The highest BCUT2D eigenvalue weighted by Crippen LogP contribution is 2.25. The third kappa shape index (κ3) is 3.89. The summed E-state index contributed by atoms with van der Waals surface area (Å²) in [6, 6.07) is 12.4. The fraction of sp³-hybridized carbons (Fsp3) is 0.133. The Hall–Kier alpha value is -1.72. The summed E-state index contributed by atoms with van der Waals surface area (Å²) in [5.74, 6) is 0.473. The number of oxime groups is 1. The molecule has 3 nitrogen and oxygen atoms in total. The maximum atomic E-state index is 14.2. The van der Waals surface area contributed by atoms with E-state index >= 15 is 0 Å². The van der Waals surface area contributed by atoms with E-state index in [0.29, 0.717) is 22.1 Å². The Kier molecular flexibility index (Phi) is 5.47. The Labute approximate surface area is 131 Å². The van der Waals surface area contributed by atoms with Gasteiger partial charge in [-0.05, 0) is 23.3 Å². The summed E-state index contributed by atoms with van der Waals surface area (Å²) in [4.78, 5) is 0. The Bertz CT molecular complexity index is 664. The van der Waals surface area contributed by atoms with Crippen molar-refractivity contribution in [1.29, 1.82) is 0 Å². The molecule has 2 aromatic rings. The van der Waals surface area contributed by atoms with Crippen molar-refractivity contribution >= 4 is 29.2 Å². The molecule has 0 unspecified atom stereocenters. The maximum absolute atomic E-state index is 14.2. The SMILES string of the molecule is N/C(=N/O)c1cccc(CSCc2ccccc2Cl)c1F. The van der Waals surface area contributed by atoms with Crippen molar-refractivity contribution in [2.45, 2.75) is 11.5 Å². The monoisotopic (exact) mass is 324 g/mol. The molecule has 2 rings (SSSR count). The fourth-order valence-electron chi connectivity index (χ4n) is 1.83. The zero-order valence-electron chi connectivity index (χ0n) is 11.1. The van der Waals surface area contributed by atoms with Gasteiger partial charge in [0.1, 0.15) is 5.82 Å². The minimum atomic E-state index is -0.459. The molecule has 0 amide bonds. The van der Waals surface area contributed by atoms with Crippen molar-refractivity contribution in [1.82, 2.24) is 0 Å². The van der Waals surface area contributed by atoms with E-state index < -0.39 is 5.82 Å². The first-order chi connectivity index (χ1) is 10.1. The summed E-state index contributed by atoms with van der Waals surface area (Å²) < 4.78 is 14.2. The van der Waals surface area contributed by atoms with Gasteiger partial charge in [0.05, 0.1) is 5.56 Å². The van der Waals surface area contributed by atoms with Gasteiger partial charge in [-0.25, -0.2) is 4.39 Å². The molecular weight excluding hydrogens is 311 g/mol. The molecule has 0 saturated heterocycles. The summed E-state index contributed by atoms with van der Waals surface area (Å²) in [6.45, 7) is 0. The largest absolute Gasteiger partial charge is 0.409 e. The van der Waals surface area contributed by atoms with Crippen molar-refractivity contribution < 1.29 is 9.60 Å². The second-order valence-electron chi connectivity index (χ2n) is 4.35. The van der Waals surface area contributed by atoms with Gasteiger partial charge in [-0.15, -0.1) is 0 Å². The summed E-state index contributed by atoms with van der Waals surface area (Å²) in [7, 11) is 0. The minimum absolute atomic E-state index is 0.105. The molecule has 3 N–H and O–H groups in total. The molecule has 0 spiro atoms. The molecule has 0 heterocycles. The Morgan fingerprint density at radius 3 is 2.52 bits per heavy atom. The molecule has 0 bridgehead atoms. The molecule has 0 aliphatic carbocycles. The van der Waals surface area contributed by atoms with Crippen molar-refractivity contribution in [3.63, 3.8) is 0 Å². The second-order valence-corrected chi connectivity index (χ2v) is 5.74. The molecule has 0 aliphatic rings. The van der Waals surface area contributed by atoms with E-state index in [4.69, 9.17) is 22.5 Å². The summed E-state index contributed by atoms with van der Waals surface area (Å²) >= 11 is 7.62. The number of amidine groups is 1. The van der Waals surface area contributed by atoms with Crippen LogP contribution in [0.3, 0.4) is 0 Å². The number of hydrogen-bond acceptors (Lipinski definition) is 3. The van der Waals surface area contributed by atoms with Crippen LogP contribution in [0.1, 0.15) is 16.7 Å². The fourth-order valence-corrected chi connectivity index (χ4v) is 3.13. The second kappa shape index (κ2) is 7.33. The number of nitrogens with zero attached hydrogens (tertiary/aromatic N) is 1. The lowest BCUT2D eigenvalue weighted by atomic mass is 10.1. The van der Waals surface area contributed by atoms with Crippen LogP contribution in [0.15, 0.2) is 47.6 Å². The van der Waals surface area contributed by atoms with Gasteiger partial charge < -0.3 is 10.9 Å². The lowest BCUT2D eigenvalue weighted by Crippen LogP contribution is -2.15. The number of benzene rings is 2. The quantitative estimate of drug-likeness (QED) is 0.378. The number of hydrogen-bond donors (Lipinski definition) is 2. The summed E-state index contributed by atoms with van der Waals surface area (Å²) in [6.07, 6.45) is 0. The number of rotatable bonds is 5. The highest BCUT2D eigenvalue weighted by Gasteiger charge is 2.11. The van der Waals surface area contributed by atoms with E-state index in [-0.39, 0.29) is 11.4 Å². The van der Waals surface area contributed by atoms with Crippen LogP contribution in [0.2, 0.25) is 5.02 Å². The summed E-state index contributed by atoms with van der Waals surface area (Å²) in [5, 5.41) is 12.2. The van der Waals surface area contributed by atoms with Crippen LogP contribution in [0.4, 0.5) is 4.39 Å². The zero-order chi connectivity index (χ0) is 15.2. The Morgan fingerprint density at radius 1 is 1.14 bits per heavy atom. The van der Waals surface area contributed by atoms with Gasteiger partial charge in [0.2, 0.25) is 0 Å². The van der Waals surface area contributed by atoms with Gasteiger partial charge in [-0.1, -0.05) is 47.1 Å². The van der Waals surface area contributed by atoms with Crippen molar-refractivity contribution in [3.05, 3.63) is 70.0 Å². The normalized spacial score (nSPS) is 11.6. The van der Waals surface area contributed by atoms with Crippen molar-refractivity contribution in [3.8, 4) is 0 Å². The zero-order valence-corrected chi connectivity index (χ0v) is 12.7. The first-order valence-corrected chi connectivity index (χ1v) is 7.73. The Balaban J connectivity index is 2.06. The Morgan fingerprint density at radius 2 is 1.81 bits per heavy atom. The standard InChI is InChI=1S/C15H14ClFN2OS/c16-13-7-2-1-4-10(13)8-21-9-11-5-3-6-12(14(11)17)15(18)19-20/h1-7,20H,8-9H2,(H2,18,19). The van der Waals surface area contributed by atoms with Crippen LogP contribution in [-0.2, 0) is 11.5 Å². The number of halogens is 2. The van der Waals surface area contributed by atoms with Crippen LogP contribution >= 0.6 is 23.4 Å². The molecule has 0 atom stereocenters. The molecule has 2 aromatic carbocycles. The van der Waals surface area contributed by atoms with Gasteiger partial charge in [0.15, 0.2) is 5.84 Å². The van der Waals surface area contributed by atoms with E-state index in [1.807, 2.05) is 24.3 Å². The average molecular weight is 325 g/mol. The van der Waals surface area contributed by atoms with Crippen LogP contribution < -0.4 is 5.73 Å². The number of thioether (sulfide) groups is 1. The van der Waals surface area contributed by atoms with Crippen molar-refractivity contribution in [2.75, 3.05) is 0 Å². The van der Waals surface area contributed by atoms with Crippen molar-refractivity contribution in [2.24, 2.45) is 10.9 Å². The number of nitrogens with two attached hydrogens (primary N) is 1. The van der Waals surface area contributed by atoms with Gasteiger partial charge in [0, 0.05) is 16.5 Å². The van der Waals surface area contributed by atoms with Gasteiger partial charge in [-0.3, -0.25) is 0 Å². The predicted molar refractivity (Wildman–Crippen MR) is 85.4 cm³/mol. The van der Waals surface area contributed by atoms with Crippen LogP contribution in [-0.4, -0.2) is 11.0 Å². The van der Waals surface area contributed by atoms with Gasteiger partial charge in [-0.2, -0.15) is 11.8 Å². The topological polar surface area (TPSA) is 58.6 Å². The van der Waals surface area contributed by atoms with Crippen LogP contribution in [0, 0.1) is 5.82 Å². The van der Waals surface area contributed by atoms with E-state index in [1.165, 1.54) is 6.07 Å². The van der Waals surface area contributed by atoms with E-state index in [9.17, 15) is 4.39 Å². The maximum Gasteiger partial charge on any atom is 0.173 e. The van der Waals surface area contributed by atoms with E-state index in [2.05, 4.69) is 5.16 Å².